The molecule has 0 fully saturated rings. The maximum absolute atomic E-state index is 9.72. The number of aliphatic carboxylic acids is 7. The molecule has 15 nitrogen and oxygen atoms in total. The molecule has 15 heteroatoms. The summed E-state index contributed by atoms with van der Waals surface area (Å²) in [6.07, 6.45) is -2.02. The molecule has 0 aromatic heterocycles. The van der Waals surface area contributed by atoms with Gasteiger partial charge in [0.05, 0.1) is 19.3 Å². The van der Waals surface area contributed by atoms with Crippen molar-refractivity contribution in [2.24, 2.45) is 0 Å². The van der Waals surface area contributed by atoms with Crippen LogP contribution in [0.5, 0.6) is 0 Å². The number of hydrogen-bond acceptors (Lipinski definition) is 8. The lowest BCUT2D eigenvalue weighted by molar-refractivity contribution is -0.152. The molecule has 0 bridgehead atoms. The van der Waals surface area contributed by atoms with Crippen LogP contribution < -0.4 is 0 Å². The van der Waals surface area contributed by atoms with E-state index < -0.39 is 54.3 Å². The summed E-state index contributed by atoms with van der Waals surface area (Å²) in [6, 6.07) is 0. The van der Waals surface area contributed by atoms with Crippen LogP contribution in [-0.2, 0) is 33.6 Å². The number of rotatable bonds is 8. The molecule has 1 atom stereocenters. The van der Waals surface area contributed by atoms with E-state index in [4.69, 9.17) is 45.6 Å². The highest BCUT2D eigenvalue weighted by atomic mass is 16.4. The molecule has 0 radical (unpaired) electrons. The molecule has 29 heavy (non-hydrogen) atoms. The van der Waals surface area contributed by atoms with Gasteiger partial charge >= 0.3 is 35.8 Å². The molecule has 1 unspecified atom stereocenters. The van der Waals surface area contributed by atoms with Gasteiger partial charge in [-0.15, -0.1) is 0 Å². The zero-order chi connectivity index (χ0) is 24.2. The average Bonchev–Trinajstić information content (AvgIpc) is 2.51. The molecule has 0 rings (SSSR count). The highest BCUT2D eigenvalue weighted by Gasteiger charge is 2.16. The maximum Gasteiger partial charge on any atom is 0.333 e. The van der Waals surface area contributed by atoms with Crippen LogP contribution in [0.25, 0.3) is 0 Å². The number of carboxylic acid groups (broad SMARTS) is 7. The summed E-state index contributed by atoms with van der Waals surface area (Å²) in [5.41, 5.74) is 0. The number of aliphatic hydroxyl groups is 1. The number of aliphatic hydroxyl groups excluding tert-OH is 1. The fourth-order valence-corrected chi connectivity index (χ4v) is 0.609. The smallest absolute Gasteiger partial charge is 0.333 e. The Balaban J connectivity index is -0.000000148. The second-order valence-corrected chi connectivity index (χ2v) is 4.27. The zero-order valence-electron chi connectivity index (χ0n) is 14.8. The van der Waals surface area contributed by atoms with E-state index in [9.17, 15) is 28.8 Å². The van der Waals surface area contributed by atoms with Crippen molar-refractivity contribution in [3.63, 3.8) is 0 Å². The second kappa shape index (κ2) is 20.3. The summed E-state index contributed by atoms with van der Waals surface area (Å²) in [6.45, 7) is 1.08. The Bertz CT molecular complexity index is 570. The molecule has 0 heterocycles. The van der Waals surface area contributed by atoms with Crippen molar-refractivity contribution in [1.82, 2.24) is 0 Å². The molecule has 0 aliphatic heterocycles. The fraction of sp³-hybridized carbons (Fsp3) is 0.357. The molecule has 0 saturated heterocycles. The van der Waals surface area contributed by atoms with Gasteiger partial charge < -0.3 is 40.9 Å². The molecule has 8 N–H and O–H groups in total. The fourth-order valence-electron chi connectivity index (χ4n) is 0.609. The van der Waals surface area contributed by atoms with Gasteiger partial charge in [-0.25, -0.2) is 14.4 Å². The SMILES string of the molecule is CC(=O)O.O=C(O)C=CC(=O)O.O=C(O)CC(O)C(=O)O.O=C(O)CCC(=O)O. The molecule has 0 aliphatic carbocycles. The van der Waals surface area contributed by atoms with E-state index >= 15 is 0 Å². The predicted octanol–water partition coefficient (Wildman–Crippen LogP) is -1.35. The van der Waals surface area contributed by atoms with E-state index in [0.717, 1.165) is 6.92 Å². The Kier molecular flexibility index (Phi) is 22.9. The summed E-state index contributed by atoms with van der Waals surface area (Å²) in [4.78, 5) is 66.8. The average molecular weight is 428 g/mol. The summed E-state index contributed by atoms with van der Waals surface area (Å²) in [5.74, 6) is -8.35. The first-order chi connectivity index (χ1) is 13.0. The first kappa shape index (κ1) is 32.6. The van der Waals surface area contributed by atoms with Crippen LogP contribution in [0.1, 0.15) is 26.2 Å². The largest absolute Gasteiger partial charge is 0.481 e. The van der Waals surface area contributed by atoms with Crippen LogP contribution in [-0.4, -0.2) is 88.7 Å². The Morgan fingerprint density at radius 2 is 0.931 bits per heavy atom. The predicted molar refractivity (Wildman–Crippen MR) is 88.1 cm³/mol. The minimum absolute atomic E-state index is 0.296. The van der Waals surface area contributed by atoms with Gasteiger partial charge in [0.25, 0.3) is 5.97 Å². The van der Waals surface area contributed by atoms with Crippen LogP contribution in [0.3, 0.4) is 0 Å². The van der Waals surface area contributed by atoms with Gasteiger partial charge in [-0.1, -0.05) is 0 Å². The lowest BCUT2D eigenvalue weighted by atomic mass is 10.3. The lowest BCUT2D eigenvalue weighted by Gasteiger charge is -1.97. The van der Waals surface area contributed by atoms with Crippen molar-refractivity contribution >= 4 is 41.8 Å². The number of hydrogen-bond donors (Lipinski definition) is 8. The van der Waals surface area contributed by atoms with Crippen LogP contribution in [0.15, 0.2) is 12.2 Å². The van der Waals surface area contributed by atoms with Crippen molar-refractivity contribution in [1.29, 1.82) is 0 Å². The third kappa shape index (κ3) is 59.3. The Hall–Kier alpha value is -4.01. The molecule has 0 spiro atoms. The highest BCUT2D eigenvalue weighted by Crippen LogP contribution is 1.89. The van der Waals surface area contributed by atoms with Crippen molar-refractivity contribution in [2.75, 3.05) is 0 Å². The summed E-state index contributed by atoms with van der Waals surface area (Å²) in [7, 11) is 0. The highest BCUT2D eigenvalue weighted by molar-refractivity contribution is 5.89. The molecule has 0 aromatic rings. The van der Waals surface area contributed by atoms with Crippen molar-refractivity contribution in [3.05, 3.63) is 12.2 Å². The summed E-state index contributed by atoms with van der Waals surface area (Å²) >= 11 is 0. The summed E-state index contributed by atoms with van der Waals surface area (Å²) < 4.78 is 0. The molecule has 0 aliphatic rings. The van der Waals surface area contributed by atoms with Crippen LogP contribution in [0.2, 0.25) is 0 Å². The van der Waals surface area contributed by atoms with Gasteiger partial charge in [0.1, 0.15) is 0 Å². The molecular weight excluding hydrogens is 408 g/mol. The molecule has 166 valence electrons. The third-order valence-electron chi connectivity index (χ3n) is 1.57. The standard InChI is InChI=1S/C4H6O5.C4H6O4.C4H4O4.C2H4O2/c5-2(4(8)9)1-3(6)7;2*5-3(6)1-2-4(7)8;1-2(3)4/h2,5H,1H2,(H,6,7)(H,8,9);1-2H2,(H,5,6)(H,7,8);1-2H,(H,5,6)(H,7,8);1H3,(H,3,4). The molecule has 0 saturated carbocycles. The third-order valence-corrected chi connectivity index (χ3v) is 1.57. The van der Waals surface area contributed by atoms with E-state index in [-0.39, 0.29) is 12.8 Å². The minimum Gasteiger partial charge on any atom is -0.481 e. The lowest BCUT2D eigenvalue weighted by Crippen LogP contribution is -2.22. The van der Waals surface area contributed by atoms with E-state index in [1.807, 2.05) is 0 Å². The van der Waals surface area contributed by atoms with E-state index in [1.165, 1.54) is 0 Å². The van der Waals surface area contributed by atoms with Gasteiger partial charge in [-0.3, -0.25) is 19.2 Å². The van der Waals surface area contributed by atoms with E-state index in [2.05, 4.69) is 0 Å². The first-order valence-electron chi connectivity index (χ1n) is 6.92. The maximum atomic E-state index is 9.72. The van der Waals surface area contributed by atoms with Crippen molar-refractivity contribution in [2.45, 2.75) is 32.3 Å². The normalized spacial score (nSPS) is 9.72. The van der Waals surface area contributed by atoms with Gasteiger partial charge in [0.2, 0.25) is 0 Å². The number of carbonyl (C=O) groups is 7. The topological polar surface area (TPSA) is 281 Å². The Morgan fingerprint density at radius 3 is 1.03 bits per heavy atom. The van der Waals surface area contributed by atoms with Crippen molar-refractivity contribution in [3.8, 4) is 0 Å². The van der Waals surface area contributed by atoms with Crippen LogP contribution in [0, 0.1) is 0 Å². The quantitative estimate of drug-likeness (QED) is 0.207. The summed E-state index contributed by atoms with van der Waals surface area (Å²) in [5, 5.41) is 63.0. The van der Waals surface area contributed by atoms with Crippen LogP contribution >= 0.6 is 0 Å². The first-order valence-corrected chi connectivity index (χ1v) is 6.92. The molecular formula is C14H20O15. The van der Waals surface area contributed by atoms with E-state index in [0.29, 0.717) is 12.2 Å². The molecule has 0 aromatic carbocycles. The van der Waals surface area contributed by atoms with Gasteiger partial charge in [0.15, 0.2) is 6.10 Å². The second-order valence-electron chi connectivity index (χ2n) is 4.27. The minimum atomic E-state index is -1.79. The number of carboxylic acids is 7. The Morgan fingerprint density at radius 1 is 0.655 bits per heavy atom. The zero-order valence-corrected chi connectivity index (χ0v) is 14.8. The Labute approximate surface area is 161 Å². The molecule has 0 amide bonds. The van der Waals surface area contributed by atoms with Gasteiger partial charge in [-0.05, 0) is 0 Å². The van der Waals surface area contributed by atoms with Gasteiger partial charge in [0, 0.05) is 19.1 Å². The van der Waals surface area contributed by atoms with E-state index in [1.54, 1.807) is 0 Å². The van der Waals surface area contributed by atoms with Crippen LogP contribution in [0.4, 0.5) is 0 Å². The van der Waals surface area contributed by atoms with Crippen molar-refractivity contribution < 1.29 is 74.4 Å². The monoisotopic (exact) mass is 428 g/mol. The van der Waals surface area contributed by atoms with Gasteiger partial charge in [-0.2, -0.15) is 0 Å².